The fourth-order valence-electron chi connectivity index (χ4n) is 4.74. The molecule has 9 nitrogen and oxygen atoms in total. The molecule has 0 aromatic heterocycles. The molecule has 0 aliphatic carbocycles. The molecule has 0 unspecified atom stereocenters. The molecule has 244 valence electrons. The van der Waals surface area contributed by atoms with E-state index in [4.69, 9.17) is 26.2 Å². The number of rotatable bonds is 12. The number of benzene rings is 2. The third kappa shape index (κ3) is 10.2. The lowest BCUT2D eigenvalue weighted by Crippen LogP contribution is -2.42. The number of hydrogen-bond acceptors (Lipinski definition) is 6. The number of amides is 1. The molecule has 3 rings (SSSR count). The molecule has 2 N–H and O–H groups in total. The van der Waals surface area contributed by atoms with Crippen LogP contribution in [0.2, 0.25) is 5.02 Å². The number of unbranched alkanes of at least 4 members (excludes halogenated alkanes) is 2. The van der Waals surface area contributed by atoms with Crippen LogP contribution in [0.15, 0.2) is 41.3 Å². The van der Waals surface area contributed by atoms with Crippen molar-refractivity contribution in [3.8, 4) is 5.75 Å². The Hall–Kier alpha value is -3.19. The van der Waals surface area contributed by atoms with Crippen LogP contribution in [0.3, 0.4) is 0 Å². The minimum atomic E-state index is -4.92. The Labute approximate surface area is 260 Å². The van der Waals surface area contributed by atoms with Crippen LogP contribution in [-0.4, -0.2) is 55.8 Å². The summed E-state index contributed by atoms with van der Waals surface area (Å²) >= 11 is 6.31. The number of carboxylic acid groups (broad SMARTS) is 1. The first-order chi connectivity index (χ1) is 20.5. The number of likely N-dealkylation sites (tertiary alicyclic amines) is 1. The van der Waals surface area contributed by atoms with Gasteiger partial charge in [0.05, 0.1) is 27.8 Å². The first-order valence-corrected chi connectivity index (χ1v) is 16.2. The Morgan fingerprint density at radius 2 is 1.70 bits per heavy atom. The van der Waals surface area contributed by atoms with Crippen LogP contribution in [0.25, 0.3) is 0 Å². The minimum Gasteiger partial charge on any atom is -0.491 e. The fourth-order valence-corrected chi connectivity index (χ4v) is 6.17. The van der Waals surface area contributed by atoms with Gasteiger partial charge in [-0.1, -0.05) is 36.2 Å². The molecule has 1 heterocycles. The van der Waals surface area contributed by atoms with E-state index in [9.17, 15) is 31.2 Å². The normalized spacial score (nSPS) is 14.8. The molecule has 1 aliphatic rings. The zero-order valence-corrected chi connectivity index (χ0v) is 26.4. The zero-order valence-electron chi connectivity index (χ0n) is 24.9. The van der Waals surface area contributed by atoms with Crippen LogP contribution in [-0.2, 0) is 32.2 Å². The average Bonchev–Trinajstić information content (AvgIpc) is 2.92. The Balaban J connectivity index is 1.91. The van der Waals surface area contributed by atoms with Crippen molar-refractivity contribution >= 4 is 39.4 Å². The van der Waals surface area contributed by atoms with Gasteiger partial charge < -0.3 is 19.5 Å². The van der Waals surface area contributed by atoms with Crippen molar-refractivity contribution in [2.24, 2.45) is 5.92 Å². The van der Waals surface area contributed by atoms with Gasteiger partial charge in [0.25, 0.3) is 10.0 Å². The Morgan fingerprint density at radius 3 is 2.27 bits per heavy atom. The van der Waals surface area contributed by atoms with E-state index in [-0.39, 0.29) is 47.3 Å². The molecule has 1 saturated heterocycles. The quantitative estimate of drug-likeness (QED) is 0.228. The average molecular weight is 663 g/mol. The van der Waals surface area contributed by atoms with Crippen LogP contribution < -0.4 is 9.46 Å². The summed E-state index contributed by atoms with van der Waals surface area (Å²) in [6.07, 6.45) is -3.23. The Bertz CT molecular complexity index is 1410. The molecule has 1 amide bonds. The van der Waals surface area contributed by atoms with Crippen molar-refractivity contribution in [3.05, 3.63) is 52.5 Å². The number of halogens is 4. The van der Waals surface area contributed by atoms with Gasteiger partial charge in [0.15, 0.2) is 0 Å². The first-order valence-electron chi connectivity index (χ1n) is 14.3. The van der Waals surface area contributed by atoms with Gasteiger partial charge in [-0.05, 0) is 77.0 Å². The largest absolute Gasteiger partial charge is 0.491 e. The second kappa shape index (κ2) is 14.7. The SMILES string of the molecule is CC(C)(C)OC(=O)N1CCC(COc2c(Cl)c(C(F)(F)F)cc(NS(=O)(=O)c3ccccc3)c2CCCCCC(=O)O)CC1. The molecule has 14 heteroatoms. The summed E-state index contributed by atoms with van der Waals surface area (Å²) in [7, 11) is -4.28. The molecule has 2 aromatic carbocycles. The number of carboxylic acids is 1. The smallest absolute Gasteiger partial charge is 0.418 e. The summed E-state index contributed by atoms with van der Waals surface area (Å²) in [6.45, 7) is 6.03. The molecular formula is C30H38ClF3N2O7S. The predicted molar refractivity (Wildman–Crippen MR) is 160 cm³/mol. The highest BCUT2D eigenvalue weighted by atomic mass is 35.5. The van der Waals surface area contributed by atoms with Gasteiger partial charge in [-0.2, -0.15) is 13.2 Å². The number of carbonyl (C=O) groups excluding carboxylic acids is 1. The van der Waals surface area contributed by atoms with Gasteiger partial charge in [0, 0.05) is 25.1 Å². The van der Waals surface area contributed by atoms with E-state index in [0.717, 1.165) is 0 Å². The number of carbonyl (C=O) groups is 2. The van der Waals surface area contributed by atoms with Crippen LogP contribution in [0.4, 0.5) is 23.7 Å². The van der Waals surface area contributed by atoms with Crippen LogP contribution in [0.5, 0.6) is 5.75 Å². The Morgan fingerprint density at radius 1 is 1.07 bits per heavy atom. The van der Waals surface area contributed by atoms with Crippen molar-refractivity contribution in [2.45, 2.75) is 82.4 Å². The standard InChI is InChI=1S/C30H38ClF3N2O7S/c1-29(2,3)43-28(39)36-16-14-20(15-17-36)19-42-27-22(12-8-5-9-13-25(37)38)24(18-23(26(27)31)30(32,33)34)35-44(40,41)21-10-6-4-7-11-21/h4,6-7,10-11,18,20,35H,5,8-9,12-17,19H2,1-3H3,(H,37,38). The topological polar surface area (TPSA) is 122 Å². The number of anilines is 1. The maximum atomic E-state index is 14.1. The molecular weight excluding hydrogens is 625 g/mol. The first kappa shape index (κ1) is 35.3. The number of ether oxygens (including phenoxy) is 2. The summed E-state index contributed by atoms with van der Waals surface area (Å²) in [4.78, 5) is 24.8. The van der Waals surface area contributed by atoms with Crippen molar-refractivity contribution in [3.63, 3.8) is 0 Å². The van der Waals surface area contributed by atoms with Crippen LogP contribution >= 0.6 is 11.6 Å². The zero-order chi connectivity index (χ0) is 32.7. The van der Waals surface area contributed by atoms with Gasteiger partial charge >= 0.3 is 18.2 Å². The van der Waals surface area contributed by atoms with Gasteiger partial charge in [-0.25, -0.2) is 13.2 Å². The molecule has 0 saturated carbocycles. The van der Waals surface area contributed by atoms with E-state index >= 15 is 0 Å². The molecule has 1 aliphatic heterocycles. The van der Waals surface area contributed by atoms with Gasteiger partial charge in [-0.15, -0.1) is 0 Å². The van der Waals surface area contributed by atoms with Crippen LogP contribution in [0.1, 0.15) is 70.4 Å². The van der Waals surface area contributed by atoms with E-state index in [1.165, 1.54) is 24.3 Å². The van der Waals surface area contributed by atoms with Gasteiger partial charge in [-0.3, -0.25) is 9.52 Å². The monoisotopic (exact) mass is 662 g/mol. The number of nitrogens with zero attached hydrogens (tertiary/aromatic N) is 1. The lowest BCUT2D eigenvalue weighted by molar-refractivity contribution is -0.138. The molecule has 0 bridgehead atoms. The number of hydrogen-bond donors (Lipinski definition) is 2. The maximum Gasteiger partial charge on any atom is 0.418 e. The Kier molecular flexibility index (Phi) is 11.8. The fraction of sp³-hybridized carbons (Fsp3) is 0.533. The number of piperidine rings is 1. The summed E-state index contributed by atoms with van der Waals surface area (Å²) in [5.41, 5.74) is -2.09. The lowest BCUT2D eigenvalue weighted by Gasteiger charge is -2.33. The van der Waals surface area contributed by atoms with Crippen molar-refractivity contribution in [1.82, 2.24) is 4.90 Å². The van der Waals surface area contributed by atoms with Gasteiger partial charge in [0.2, 0.25) is 0 Å². The predicted octanol–water partition coefficient (Wildman–Crippen LogP) is 7.37. The molecule has 0 spiro atoms. The third-order valence-electron chi connectivity index (χ3n) is 6.97. The summed E-state index contributed by atoms with van der Waals surface area (Å²) < 4.78 is 82.4. The van der Waals surface area contributed by atoms with E-state index in [1.807, 2.05) is 0 Å². The number of nitrogens with one attached hydrogen (secondary N) is 1. The molecule has 2 aromatic rings. The van der Waals surface area contributed by atoms with E-state index in [2.05, 4.69) is 4.72 Å². The summed E-state index contributed by atoms with van der Waals surface area (Å²) in [5, 5.41) is 8.25. The number of aliphatic carboxylic acids is 1. The number of sulfonamides is 1. The van der Waals surface area contributed by atoms with Crippen molar-refractivity contribution in [1.29, 1.82) is 0 Å². The van der Waals surface area contributed by atoms with Crippen LogP contribution in [0, 0.1) is 5.92 Å². The van der Waals surface area contributed by atoms with Crippen molar-refractivity contribution in [2.75, 3.05) is 24.4 Å². The van der Waals surface area contributed by atoms with E-state index in [0.29, 0.717) is 51.3 Å². The summed E-state index contributed by atoms with van der Waals surface area (Å²) in [5.74, 6) is -1.37. The highest BCUT2D eigenvalue weighted by Gasteiger charge is 2.37. The van der Waals surface area contributed by atoms with Crippen molar-refractivity contribution < 1.29 is 45.8 Å². The molecule has 0 radical (unpaired) electrons. The second-order valence-electron chi connectivity index (χ2n) is 11.7. The highest BCUT2D eigenvalue weighted by Crippen LogP contribution is 2.46. The number of alkyl halides is 3. The molecule has 44 heavy (non-hydrogen) atoms. The van der Waals surface area contributed by atoms with E-state index < -0.39 is 44.4 Å². The van der Waals surface area contributed by atoms with Gasteiger partial charge in [0.1, 0.15) is 11.4 Å². The van der Waals surface area contributed by atoms with E-state index in [1.54, 1.807) is 31.7 Å². The third-order valence-corrected chi connectivity index (χ3v) is 8.73. The molecule has 1 fully saturated rings. The maximum absolute atomic E-state index is 14.1. The summed E-state index contributed by atoms with van der Waals surface area (Å²) in [6, 6.07) is 7.88. The lowest BCUT2D eigenvalue weighted by atomic mass is 9.97. The highest BCUT2D eigenvalue weighted by molar-refractivity contribution is 7.92. The molecule has 0 atom stereocenters. The second-order valence-corrected chi connectivity index (χ2v) is 13.7. The minimum absolute atomic E-state index is 0.0138.